The van der Waals surface area contributed by atoms with Crippen molar-refractivity contribution in [2.45, 2.75) is 19.8 Å². The van der Waals surface area contributed by atoms with Crippen molar-refractivity contribution in [3.8, 4) is 0 Å². The first kappa shape index (κ1) is 23.1. The van der Waals surface area contributed by atoms with Gasteiger partial charge in [-0.1, -0.05) is 43.0 Å². The number of pyridine rings is 1. The Morgan fingerprint density at radius 1 is 1.00 bits per heavy atom. The number of rotatable bonds is 8. The van der Waals surface area contributed by atoms with Crippen LogP contribution < -0.4 is 11.3 Å². The number of hydrogen-bond acceptors (Lipinski definition) is 6. The van der Waals surface area contributed by atoms with Gasteiger partial charge in [0.05, 0.1) is 5.76 Å². The smallest absolute Gasteiger partial charge is 0.223 e. The van der Waals surface area contributed by atoms with Gasteiger partial charge in [0.25, 0.3) is 0 Å². The van der Waals surface area contributed by atoms with Crippen LogP contribution in [0.25, 0.3) is 11.1 Å². The summed E-state index contributed by atoms with van der Waals surface area (Å²) in [5.41, 5.74) is 7.79. The van der Waals surface area contributed by atoms with Gasteiger partial charge in [-0.05, 0) is 35.8 Å². The number of allylic oxidation sites excluding steroid dienone is 3. The van der Waals surface area contributed by atoms with E-state index in [0.29, 0.717) is 26.2 Å². The fourth-order valence-corrected chi connectivity index (χ4v) is 3.78. The van der Waals surface area contributed by atoms with E-state index in [0.717, 1.165) is 28.1 Å². The van der Waals surface area contributed by atoms with Crippen LogP contribution in [-0.4, -0.2) is 52.0 Å². The molecule has 1 aromatic heterocycles. The van der Waals surface area contributed by atoms with E-state index in [4.69, 9.17) is 5.84 Å². The summed E-state index contributed by atoms with van der Waals surface area (Å²) in [6.07, 6.45) is 4.05. The van der Waals surface area contributed by atoms with E-state index in [1.54, 1.807) is 12.4 Å². The summed E-state index contributed by atoms with van der Waals surface area (Å²) >= 11 is 0. The molecule has 0 saturated carbocycles. The fraction of sp³-hybridized carbons (Fsp3) is 0.280. The van der Waals surface area contributed by atoms with Crippen LogP contribution in [-0.2, 0) is 4.79 Å². The Morgan fingerprint density at radius 2 is 1.59 bits per heavy atom. The first-order valence-corrected chi connectivity index (χ1v) is 10.7. The van der Waals surface area contributed by atoms with E-state index in [-0.39, 0.29) is 24.5 Å². The molecule has 0 bridgehead atoms. The zero-order valence-electron chi connectivity index (χ0n) is 18.6. The summed E-state index contributed by atoms with van der Waals surface area (Å²) in [5.74, 6) is 6.85. The fourth-order valence-electron chi connectivity index (χ4n) is 3.78. The molecule has 32 heavy (non-hydrogen) atoms. The summed E-state index contributed by atoms with van der Waals surface area (Å²) in [6, 6.07) is 12.1. The van der Waals surface area contributed by atoms with Gasteiger partial charge in [-0.15, -0.1) is 0 Å². The van der Waals surface area contributed by atoms with E-state index in [1.807, 2.05) is 17.0 Å². The van der Waals surface area contributed by atoms with Crippen LogP contribution >= 0.6 is 0 Å². The Bertz CT molecular complexity index is 991. The third-order valence-electron chi connectivity index (χ3n) is 5.62. The molecule has 7 heteroatoms. The van der Waals surface area contributed by atoms with Crippen molar-refractivity contribution in [2.75, 3.05) is 26.2 Å². The molecule has 0 unspecified atom stereocenters. The number of benzene rings is 1. The highest BCUT2D eigenvalue weighted by Gasteiger charge is 2.25. The van der Waals surface area contributed by atoms with Gasteiger partial charge in [-0.2, -0.15) is 0 Å². The van der Waals surface area contributed by atoms with Gasteiger partial charge < -0.3 is 20.3 Å². The second-order valence-corrected chi connectivity index (χ2v) is 7.88. The van der Waals surface area contributed by atoms with Gasteiger partial charge in [-0.25, -0.2) is 5.84 Å². The molecule has 1 aromatic carbocycles. The van der Waals surface area contributed by atoms with Crippen LogP contribution in [0.15, 0.2) is 73.5 Å². The van der Waals surface area contributed by atoms with Gasteiger partial charge in [0, 0.05) is 57.0 Å². The van der Waals surface area contributed by atoms with Gasteiger partial charge in [-0.3, -0.25) is 9.78 Å². The second-order valence-electron chi connectivity index (χ2n) is 7.88. The predicted octanol–water partition coefficient (Wildman–Crippen LogP) is 3.23. The van der Waals surface area contributed by atoms with Crippen molar-refractivity contribution < 1.29 is 9.90 Å². The molecule has 1 amide bonds. The molecule has 168 valence electrons. The Hall–Kier alpha value is -3.58. The van der Waals surface area contributed by atoms with Crippen LogP contribution in [0.4, 0.5) is 0 Å². The number of nitrogens with one attached hydrogen (secondary N) is 1. The molecule has 0 radical (unpaired) electrons. The van der Waals surface area contributed by atoms with Gasteiger partial charge in [0.15, 0.2) is 0 Å². The average molecular weight is 434 g/mol. The number of hydrogen-bond donors (Lipinski definition) is 3. The molecule has 3 rings (SSSR count). The Kier molecular flexibility index (Phi) is 7.68. The highest BCUT2D eigenvalue weighted by Crippen LogP contribution is 2.33. The van der Waals surface area contributed by atoms with Crippen molar-refractivity contribution in [1.29, 1.82) is 0 Å². The Labute approximate surface area is 189 Å². The molecule has 1 aliphatic heterocycles. The molecule has 1 aliphatic rings. The molecule has 1 saturated heterocycles. The lowest BCUT2D eigenvalue weighted by Crippen LogP contribution is -2.51. The number of aliphatic hydroxyl groups excluding tert-OH is 1. The van der Waals surface area contributed by atoms with E-state index in [2.05, 4.69) is 59.7 Å². The molecule has 1 fully saturated rings. The number of aliphatic hydroxyl groups is 1. The number of aromatic nitrogens is 1. The van der Waals surface area contributed by atoms with Crippen molar-refractivity contribution in [2.24, 2.45) is 5.84 Å². The normalized spacial score (nSPS) is 14.6. The first-order valence-electron chi connectivity index (χ1n) is 10.7. The standard InChI is InChI=1S/C25H31N5O2/c1-18-4-7-21(8-5-18)20(3)24(22-10-12-27-13-11-22)25(28-26)30-16-14-29(15-17-30)23(32)9-6-19(2)31/h4-5,7-8,10-13,28,31H,2-3,6,9,14-17,26H2,1H3/b25-24-. The van der Waals surface area contributed by atoms with Crippen molar-refractivity contribution in [1.82, 2.24) is 20.2 Å². The zero-order chi connectivity index (χ0) is 23.1. The minimum absolute atomic E-state index is 0.0181. The van der Waals surface area contributed by atoms with Crippen LogP contribution in [0.1, 0.15) is 29.5 Å². The van der Waals surface area contributed by atoms with Crippen molar-refractivity contribution >= 4 is 17.1 Å². The Morgan fingerprint density at radius 3 is 2.16 bits per heavy atom. The molecule has 7 nitrogen and oxygen atoms in total. The van der Waals surface area contributed by atoms with E-state index >= 15 is 0 Å². The van der Waals surface area contributed by atoms with Crippen molar-refractivity contribution in [3.05, 3.63) is 90.2 Å². The van der Waals surface area contributed by atoms with Crippen molar-refractivity contribution in [3.63, 3.8) is 0 Å². The van der Waals surface area contributed by atoms with Crippen LogP contribution in [0.2, 0.25) is 0 Å². The van der Waals surface area contributed by atoms with Gasteiger partial charge >= 0.3 is 0 Å². The summed E-state index contributed by atoms with van der Waals surface area (Å²) in [4.78, 5) is 20.5. The highest BCUT2D eigenvalue weighted by atomic mass is 16.3. The van der Waals surface area contributed by atoms with E-state index < -0.39 is 0 Å². The predicted molar refractivity (Wildman–Crippen MR) is 128 cm³/mol. The highest BCUT2D eigenvalue weighted by molar-refractivity contribution is 6.04. The molecule has 2 aromatic rings. The average Bonchev–Trinajstić information content (AvgIpc) is 2.81. The molecule has 0 spiro atoms. The van der Waals surface area contributed by atoms with Gasteiger partial charge in [0.1, 0.15) is 5.82 Å². The molecular weight excluding hydrogens is 402 g/mol. The van der Waals surface area contributed by atoms with Crippen LogP contribution in [0.3, 0.4) is 0 Å². The zero-order valence-corrected chi connectivity index (χ0v) is 18.6. The number of nitrogens with zero attached hydrogens (tertiary/aromatic N) is 3. The monoisotopic (exact) mass is 433 g/mol. The third kappa shape index (κ3) is 5.56. The summed E-state index contributed by atoms with van der Waals surface area (Å²) in [5, 5.41) is 9.26. The van der Waals surface area contributed by atoms with Gasteiger partial charge in [0.2, 0.25) is 5.91 Å². The third-order valence-corrected chi connectivity index (χ3v) is 5.62. The molecule has 2 heterocycles. The number of carbonyl (C=O) groups excluding carboxylic acids is 1. The largest absolute Gasteiger partial charge is 0.513 e. The Balaban J connectivity index is 1.88. The van der Waals surface area contributed by atoms with Crippen LogP contribution in [0, 0.1) is 6.92 Å². The second kappa shape index (κ2) is 10.6. The number of hydrazine groups is 1. The molecule has 0 aliphatic carbocycles. The molecule has 0 atom stereocenters. The topological polar surface area (TPSA) is 94.7 Å². The summed E-state index contributed by atoms with van der Waals surface area (Å²) < 4.78 is 0. The minimum Gasteiger partial charge on any atom is -0.513 e. The SMILES string of the molecule is C=C(O)CCC(=O)N1CCN(/C(NN)=C(/C(=C)c2ccc(C)cc2)c2ccncc2)CC1. The number of aryl methyl sites for hydroxylation is 1. The minimum atomic E-state index is 0.0181. The lowest BCUT2D eigenvalue weighted by molar-refractivity contribution is -0.132. The number of amides is 1. The summed E-state index contributed by atoms with van der Waals surface area (Å²) in [7, 11) is 0. The number of carbonyl (C=O) groups is 1. The summed E-state index contributed by atoms with van der Waals surface area (Å²) in [6.45, 7) is 12.3. The maximum Gasteiger partial charge on any atom is 0.223 e. The first-order chi connectivity index (χ1) is 15.4. The van der Waals surface area contributed by atoms with E-state index in [1.165, 1.54) is 5.56 Å². The number of piperazine rings is 1. The quantitative estimate of drug-likeness (QED) is 0.256. The lowest BCUT2D eigenvalue weighted by atomic mass is 9.93. The lowest BCUT2D eigenvalue weighted by Gasteiger charge is -2.38. The maximum atomic E-state index is 12.4. The number of nitrogens with two attached hydrogens (primary N) is 1. The van der Waals surface area contributed by atoms with E-state index in [9.17, 15) is 9.90 Å². The maximum absolute atomic E-state index is 12.4. The molecule has 4 N–H and O–H groups in total. The molecular formula is C25H31N5O2. The van der Waals surface area contributed by atoms with Crippen LogP contribution in [0.5, 0.6) is 0 Å².